The summed E-state index contributed by atoms with van der Waals surface area (Å²) in [6, 6.07) is 6.09. The van der Waals surface area contributed by atoms with E-state index in [1.54, 1.807) is 0 Å². The Balaban J connectivity index is 1.55. The lowest BCUT2D eigenvalue weighted by molar-refractivity contribution is 0.171. The monoisotopic (exact) mass is 319 g/mol. The molecule has 1 saturated heterocycles. The predicted molar refractivity (Wildman–Crippen MR) is 89.5 cm³/mol. The van der Waals surface area contributed by atoms with Crippen molar-refractivity contribution in [3.05, 3.63) is 18.2 Å². The van der Waals surface area contributed by atoms with Crippen LogP contribution in [0.25, 0.3) is 0 Å². The largest absolute Gasteiger partial charge is 0.486 e. The van der Waals surface area contributed by atoms with E-state index in [4.69, 9.17) is 9.47 Å². The second-order valence-electron chi connectivity index (χ2n) is 6.38. The highest BCUT2D eigenvalue weighted by molar-refractivity contribution is 5.74. The lowest BCUT2D eigenvalue weighted by Crippen LogP contribution is -2.52. The molecule has 2 heterocycles. The zero-order valence-electron chi connectivity index (χ0n) is 13.9. The minimum absolute atomic E-state index is 0.0422. The molecular weight excluding hydrogens is 294 g/mol. The van der Waals surface area contributed by atoms with Crippen molar-refractivity contribution in [3.8, 4) is 11.5 Å². The Morgan fingerprint density at radius 1 is 1.13 bits per heavy atom. The SMILES string of the molecule is CC(C)CNC(=O)N1CCN(c2ccc3c(c2)OCCO3)CC1. The summed E-state index contributed by atoms with van der Waals surface area (Å²) >= 11 is 0. The molecule has 2 amide bonds. The maximum Gasteiger partial charge on any atom is 0.317 e. The molecule has 0 aromatic heterocycles. The van der Waals surface area contributed by atoms with Gasteiger partial charge in [-0.05, 0) is 18.1 Å². The van der Waals surface area contributed by atoms with Crippen molar-refractivity contribution in [1.82, 2.24) is 10.2 Å². The van der Waals surface area contributed by atoms with E-state index in [0.29, 0.717) is 19.1 Å². The molecule has 2 aliphatic heterocycles. The summed E-state index contributed by atoms with van der Waals surface area (Å²) in [5, 5.41) is 2.98. The molecule has 1 fully saturated rings. The number of piperazine rings is 1. The van der Waals surface area contributed by atoms with Gasteiger partial charge in [0.2, 0.25) is 0 Å². The summed E-state index contributed by atoms with van der Waals surface area (Å²) in [6.45, 7) is 9.25. The van der Waals surface area contributed by atoms with E-state index in [0.717, 1.165) is 49.9 Å². The Labute approximate surface area is 137 Å². The lowest BCUT2D eigenvalue weighted by atomic mass is 10.2. The van der Waals surface area contributed by atoms with Gasteiger partial charge in [0.25, 0.3) is 0 Å². The summed E-state index contributed by atoms with van der Waals surface area (Å²) in [5.74, 6) is 2.09. The van der Waals surface area contributed by atoms with Crippen LogP contribution in [-0.2, 0) is 0 Å². The van der Waals surface area contributed by atoms with Gasteiger partial charge in [-0.1, -0.05) is 13.8 Å². The zero-order chi connectivity index (χ0) is 16.2. The van der Waals surface area contributed by atoms with Crippen molar-refractivity contribution < 1.29 is 14.3 Å². The van der Waals surface area contributed by atoms with Crippen LogP contribution < -0.4 is 19.7 Å². The van der Waals surface area contributed by atoms with Crippen LogP contribution in [-0.4, -0.2) is 56.9 Å². The molecule has 0 saturated carbocycles. The van der Waals surface area contributed by atoms with Gasteiger partial charge in [-0.15, -0.1) is 0 Å². The maximum atomic E-state index is 12.1. The third-order valence-corrected chi connectivity index (χ3v) is 4.12. The smallest absolute Gasteiger partial charge is 0.317 e. The third kappa shape index (κ3) is 3.81. The fourth-order valence-electron chi connectivity index (χ4n) is 2.80. The van der Waals surface area contributed by atoms with E-state index in [2.05, 4.69) is 30.1 Å². The van der Waals surface area contributed by atoms with E-state index in [-0.39, 0.29) is 6.03 Å². The molecule has 1 aromatic rings. The number of amides is 2. The predicted octanol–water partition coefficient (Wildman–Crippen LogP) is 1.95. The average molecular weight is 319 g/mol. The molecule has 126 valence electrons. The van der Waals surface area contributed by atoms with Gasteiger partial charge in [-0.3, -0.25) is 0 Å². The molecule has 0 aliphatic carbocycles. The third-order valence-electron chi connectivity index (χ3n) is 4.12. The standard InChI is InChI=1S/C17H25N3O3/c1-13(2)12-18-17(21)20-7-5-19(6-8-20)14-3-4-15-16(11-14)23-10-9-22-15/h3-4,11,13H,5-10,12H2,1-2H3,(H,18,21). The van der Waals surface area contributed by atoms with Crippen LogP contribution in [0.4, 0.5) is 10.5 Å². The topological polar surface area (TPSA) is 54.0 Å². The number of benzene rings is 1. The van der Waals surface area contributed by atoms with Gasteiger partial charge in [0.05, 0.1) is 0 Å². The average Bonchev–Trinajstić information content (AvgIpc) is 2.59. The normalized spacial score (nSPS) is 17.3. The van der Waals surface area contributed by atoms with Crippen LogP contribution in [0.1, 0.15) is 13.8 Å². The van der Waals surface area contributed by atoms with Gasteiger partial charge in [-0.25, -0.2) is 4.79 Å². The number of nitrogens with one attached hydrogen (secondary N) is 1. The second-order valence-corrected chi connectivity index (χ2v) is 6.38. The van der Waals surface area contributed by atoms with Crippen LogP contribution >= 0.6 is 0 Å². The molecule has 1 aromatic carbocycles. The van der Waals surface area contributed by atoms with Crippen molar-refractivity contribution in [2.45, 2.75) is 13.8 Å². The minimum Gasteiger partial charge on any atom is -0.486 e. The molecule has 0 atom stereocenters. The van der Waals surface area contributed by atoms with Crippen molar-refractivity contribution in [1.29, 1.82) is 0 Å². The van der Waals surface area contributed by atoms with Crippen LogP contribution in [0.5, 0.6) is 11.5 Å². The number of anilines is 1. The van der Waals surface area contributed by atoms with Crippen molar-refractivity contribution in [2.24, 2.45) is 5.92 Å². The number of hydrogen-bond acceptors (Lipinski definition) is 4. The number of ether oxygens (including phenoxy) is 2. The first-order valence-electron chi connectivity index (χ1n) is 8.31. The van der Waals surface area contributed by atoms with Gasteiger partial charge in [0, 0.05) is 44.5 Å². The second kappa shape index (κ2) is 6.98. The molecule has 2 aliphatic rings. The Bertz CT molecular complexity index is 554. The number of hydrogen-bond donors (Lipinski definition) is 1. The van der Waals surface area contributed by atoms with Crippen LogP contribution in [0.15, 0.2) is 18.2 Å². The fraction of sp³-hybridized carbons (Fsp3) is 0.588. The zero-order valence-corrected chi connectivity index (χ0v) is 13.9. The van der Waals surface area contributed by atoms with Gasteiger partial charge in [0.1, 0.15) is 13.2 Å². The first-order chi connectivity index (χ1) is 11.1. The van der Waals surface area contributed by atoms with Gasteiger partial charge >= 0.3 is 6.03 Å². The minimum atomic E-state index is 0.0422. The number of rotatable bonds is 3. The summed E-state index contributed by atoms with van der Waals surface area (Å²) in [4.78, 5) is 16.3. The molecule has 0 spiro atoms. The van der Waals surface area contributed by atoms with E-state index >= 15 is 0 Å². The molecule has 0 radical (unpaired) electrons. The first-order valence-corrected chi connectivity index (χ1v) is 8.31. The number of fused-ring (bicyclic) bond motifs is 1. The Hall–Kier alpha value is -2.11. The maximum absolute atomic E-state index is 12.1. The molecule has 3 rings (SSSR count). The Morgan fingerprint density at radius 3 is 2.52 bits per heavy atom. The highest BCUT2D eigenvalue weighted by Gasteiger charge is 2.22. The molecule has 6 heteroatoms. The number of urea groups is 1. The lowest BCUT2D eigenvalue weighted by Gasteiger charge is -2.36. The first kappa shape index (κ1) is 15.8. The molecule has 0 bridgehead atoms. The van der Waals surface area contributed by atoms with Crippen molar-refractivity contribution >= 4 is 11.7 Å². The number of carbonyl (C=O) groups excluding carboxylic acids is 1. The van der Waals surface area contributed by atoms with Gasteiger partial charge in [0.15, 0.2) is 11.5 Å². The fourth-order valence-corrected chi connectivity index (χ4v) is 2.80. The van der Waals surface area contributed by atoms with E-state index in [1.807, 2.05) is 17.0 Å². The van der Waals surface area contributed by atoms with Crippen LogP contribution in [0.3, 0.4) is 0 Å². The molecule has 0 unspecified atom stereocenters. The molecule has 23 heavy (non-hydrogen) atoms. The van der Waals surface area contributed by atoms with E-state index in [9.17, 15) is 4.79 Å². The Kier molecular flexibility index (Phi) is 4.79. The van der Waals surface area contributed by atoms with Crippen LogP contribution in [0.2, 0.25) is 0 Å². The van der Waals surface area contributed by atoms with E-state index < -0.39 is 0 Å². The van der Waals surface area contributed by atoms with E-state index in [1.165, 1.54) is 0 Å². The van der Waals surface area contributed by atoms with Crippen molar-refractivity contribution in [3.63, 3.8) is 0 Å². The van der Waals surface area contributed by atoms with Crippen LogP contribution in [0, 0.1) is 5.92 Å². The molecule has 1 N–H and O–H groups in total. The van der Waals surface area contributed by atoms with Gasteiger partial charge < -0.3 is 24.6 Å². The Morgan fingerprint density at radius 2 is 1.83 bits per heavy atom. The van der Waals surface area contributed by atoms with Crippen molar-refractivity contribution in [2.75, 3.05) is 50.8 Å². The summed E-state index contributed by atoms with van der Waals surface area (Å²) in [5.41, 5.74) is 1.12. The number of nitrogens with zero attached hydrogens (tertiary/aromatic N) is 2. The summed E-state index contributed by atoms with van der Waals surface area (Å²) in [7, 11) is 0. The van der Waals surface area contributed by atoms with Gasteiger partial charge in [-0.2, -0.15) is 0 Å². The molecular formula is C17H25N3O3. The summed E-state index contributed by atoms with van der Waals surface area (Å²) < 4.78 is 11.2. The summed E-state index contributed by atoms with van der Waals surface area (Å²) in [6.07, 6.45) is 0. The highest BCUT2D eigenvalue weighted by Crippen LogP contribution is 2.34. The highest BCUT2D eigenvalue weighted by atomic mass is 16.6. The molecule has 6 nitrogen and oxygen atoms in total. The quantitative estimate of drug-likeness (QED) is 0.925. The number of carbonyl (C=O) groups is 1.